The van der Waals surface area contributed by atoms with Gasteiger partial charge in [-0.1, -0.05) is 29.8 Å². The number of fused-ring (bicyclic) bond motifs is 1. The van der Waals surface area contributed by atoms with Crippen LogP contribution in [0.25, 0.3) is 0 Å². The number of carbonyl (C=O) groups excluding carboxylic acids is 2. The van der Waals surface area contributed by atoms with Crippen LogP contribution in [0.5, 0.6) is 0 Å². The Morgan fingerprint density at radius 3 is 2.73 bits per heavy atom. The maximum absolute atomic E-state index is 12.4. The van der Waals surface area contributed by atoms with Gasteiger partial charge in [0.2, 0.25) is 5.91 Å². The zero-order valence-corrected chi connectivity index (χ0v) is 15.1. The minimum Gasteiger partial charge on any atom is -0.370 e. The van der Waals surface area contributed by atoms with Gasteiger partial charge in [0.15, 0.2) is 0 Å². The molecule has 1 unspecified atom stereocenters. The van der Waals surface area contributed by atoms with Crippen LogP contribution in [0, 0.1) is 0 Å². The third kappa shape index (κ3) is 3.27. The molecule has 0 aliphatic carbocycles. The maximum Gasteiger partial charge on any atom is 0.252 e. The van der Waals surface area contributed by atoms with Gasteiger partial charge in [-0.05, 0) is 42.7 Å². The number of nitrogens with zero attached hydrogens (tertiary/aromatic N) is 1. The van der Waals surface area contributed by atoms with Crippen LogP contribution in [0.15, 0.2) is 42.5 Å². The zero-order chi connectivity index (χ0) is 18.1. The van der Waals surface area contributed by atoms with Gasteiger partial charge in [-0.15, -0.1) is 0 Å². The highest BCUT2D eigenvalue weighted by atomic mass is 35.5. The third-order valence-corrected chi connectivity index (χ3v) is 5.26. The van der Waals surface area contributed by atoms with Crippen molar-refractivity contribution in [1.82, 2.24) is 5.32 Å². The Labute approximate surface area is 157 Å². The van der Waals surface area contributed by atoms with E-state index in [2.05, 4.69) is 15.5 Å². The van der Waals surface area contributed by atoms with Crippen molar-refractivity contribution in [3.8, 4) is 0 Å². The highest BCUT2D eigenvalue weighted by molar-refractivity contribution is 6.33. The van der Waals surface area contributed by atoms with Crippen LogP contribution >= 0.6 is 11.6 Å². The summed E-state index contributed by atoms with van der Waals surface area (Å²) < 4.78 is 0. The predicted molar refractivity (Wildman–Crippen MR) is 103 cm³/mol. The number of hydrogen-bond donors (Lipinski definition) is 2. The Kier molecular flexibility index (Phi) is 4.55. The van der Waals surface area contributed by atoms with Gasteiger partial charge in [0, 0.05) is 24.3 Å². The molecule has 2 aromatic rings. The van der Waals surface area contributed by atoms with Crippen LogP contribution in [0.1, 0.15) is 41.2 Å². The van der Waals surface area contributed by atoms with Gasteiger partial charge >= 0.3 is 0 Å². The van der Waals surface area contributed by atoms with Gasteiger partial charge in [0.1, 0.15) is 0 Å². The van der Waals surface area contributed by atoms with Crippen molar-refractivity contribution in [2.75, 3.05) is 23.3 Å². The lowest BCUT2D eigenvalue weighted by molar-refractivity contribution is -0.116. The van der Waals surface area contributed by atoms with E-state index in [0.29, 0.717) is 16.3 Å². The molecule has 2 aliphatic rings. The number of halogens is 1. The molecule has 2 N–H and O–H groups in total. The van der Waals surface area contributed by atoms with Crippen LogP contribution in [0.2, 0.25) is 5.02 Å². The van der Waals surface area contributed by atoms with E-state index in [1.807, 2.05) is 30.3 Å². The molecule has 5 nitrogen and oxygen atoms in total. The summed E-state index contributed by atoms with van der Waals surface area (Å²) in [4.78, 5) is 26.6. The standard InChI is InChI=1S/C20H20ClN3O2/c21-16-11-13(7-8-18(16)24-9-3-4-10-24)22-19(25)12-17-14-5-1-2-6-15(14)20(26)23-17/h1-2,5-8,11,17H,3-4,9-10,12H2,(H,22,25)(H,23,26). The van der Waals surface area contributed by atoms with Gasteiger partial charge in [-0.25, -0.2) is 0 Å². The normalized spacial score (nSPS) is 18.6. The van der Waals surface area contributed by atoms with Crippen LogP contribution in [0.3, 0.4) is 0 Å². The maximum atomic E-state index is 12.4. The fraction of sp³-hybridized carbons (Fsp3) is 0.300. The molecule has 1 saturated heterocycles. The van der Waals surface area contributed by atoms with Crippen molar-refractivity contribution in [3.63, 3.8) is 0 Å². The average Bonchev–Trinajstić information content (AvgIpc) is 3.25. The van der Waals surface area contributed by atoms with Gasteiger partial charge in [-0.2, -0.15) is 0 Å². The molecule has 2 aliphatic heterocycles. The van der Waals surface area contributed by atoms with Gasteiger partial charge in [-0.3, -0.25) is 9.59 Å². The van der Waals surface area contributed by atoms with Crippen molar-refractivity contribution in [2.24, 2.45) is 0 Å². The number of benzene rings is 2. The summed E-state index contributed by atoms with van der Waals surface area (Å²) >= 11 is 6.40. The largest absolute Gasteiger partial charge is 0.370 e. The lowest BCUT2D eigenvalue weighted by Gasteiger charge is -2.20. The number of nitrogens with one attached hydrogen (secondary N) is 2. The Morgan fingerprint density at radius 2 is 1.96 bits per heavy atom. The zero-order valence-electron chi connectivity index (χ0n) is 14.3. The lowest BCUT2D eigenvalue weighted by atomic mass is 10.0. The molecule has 1 atom stereocenters. The summed E-state index contributed by atoms with van der Waals surface area (Å²) in [7, 11) is 0. The number of hydrogen-bond acceptors (Lipinski definition) is 3. The summed E-state index contributed by atoms with van der Waals surface area (Å²) in [5.74, 6) is -0.284. The Bertz CT molecular complexity index is 862. The second kappa shape index (κ2) is 7.00. The quantitative estimate of drug-likeness (QED) is 0.862. The van der Waals surface area contributed by atoms with Gasteiger partial charge < -0.3 is 15.5 Å². The third-order valence-electron chi connectivity index (χ3n) is 4.95. The lowest BCUT2D eigenvalue weighted by Crippen LogP contribution is -2.24. The first-order valence-corrected chi connectivity index (χ1v) is 9.24. The van der Waals surface area contributed by atoms with E-state index in [1.165, 1.54) is 12.8 Å². The molecule has 0 spiro atoms. The summed E-state index contributed by atoms with van der Waals surface area (Å²) in [5, 5.41) is 6.38. The van der Waals surface area contributed by atoms with E-state index in [-0.39, 0.29) is 24.3 Å². The molecule has 2 aromatic carbocycles. The monoisotopic (exact) mass is 369 g/mol. The number of carbonyl (C=O) groups is 2. The molecule has 2 heterocycles. The molecule has 0 aromatic heterocycles. The van der Waals surface area contributed by atoms with Crippen molar-refractivity contribution in [2.45, 2.75) is 25.3 Å². The number of rotatable bonds is 4. The van der Waals surface area contributed by atoms with Crippen LogP contribution in [0.4, 0.5) is 11.4 Å². The van der Waals surface area contributed by atoms with E-state index in [4.69, 9.17) is 11.6 Å². The minimum absolute atomic E-state index is 0.128. The molecule has 0 saturated carbocycles. The Balaban J connectivity index is 1.42. The SMILES string of the molecule is O=C(CC1NC(=O)c2ccccc21)Nc1ccc(N2CCCC2)c(Cl)c1. The smallest absolute Gasteiger partial charge is 0.252 e. The topological polar surface area (TPSA) is 61.4 Å². The fourth-order valence-corrected chi connectivity index (χ4v) is 3.98. The number of amides is 2. The molecule has 134 valence electrons. The molecule has 0 radical (unpaired) electrons. The first kappa shape index (κ1) is 16.9. The average molecular weight is 370 g/mol. The van der Waals surface area contributed by atoms with E-state index < -0.39 is 0 Å². The van der Waals surface area contributed by atoms with Crippen molar-refractivity contribution in [3.05, 3.63) is 58.6 Å². The first-order chi connectivity index (χ1) is 12.6. The first-order valence-electron chi connectivity index (χ1n) is 8.86. The van der Waals surface area contributed by atoms with Gasteiger partial charge in [0.25, 0.3) is 5.91 Å². The molecule has 26 heavy (non-hydrogen) atoms. The molecule has 1 fully saturated rings. The van der Waals surface area contributed by atoms with E-state index in [1.54, 1.807) is 12.1 Å². The molecule has 2 amide bonds. The van der Waals surface area contributed by atoms with Crippen molar-refractivity contribution in [1.29, 1.82) is 0 Å². The molecule has 4 rings (SSSR count). The van der Waals surface area contributed by atoms with Crippen LogP contribution < -0.4 is 15.5 Å². The Hall–Kier alpha value is -2.53. The van der Waals surface area contributed by atoms with Crippen LogP contribution in [-0.4, -0.2) is 24.9 Å². The predicted octanol–water partition coefficient (Wildman–Crippen LogP) is 3.75. The summed E-state index contributed by atoms with van der Waals surface area (Å²) in [6, 6.07) is 12.7. The van der Waals surface area contributed by atoms with Gasteiger partial charge in [0.05, 0.1) is 23.2 Å². The number of anilines is 2. The highest BCUT2D eigenvalue weighted by Gasteiger charge is 2.29. The summed E-state index contributed by atoms with van der Waals surface area (Å²) in [6.07, 6.45) is 2.56. The second-order valence-electron chi connectivity index (χ2n) is 6.73. The second-order valence-corrected chi connectivity index (χ2v) is 7.13. The summed E-state index contributed by atoms with van der Waals surface area (Å²) in [6.45, 7) is 2.04. The molecular formula is C20H20ClN3O2. The molecule has 0 bridgehead atoms. The highest BCUT2D eigenvalue weighted by Crippen LogP contribution is 2.32. The van der Waals surface area contributed by atoms with E-state index in [0.717, 1.165) is 24.3 Å². The molecular weight excluding hydrogens is 350 g/mol. The van der Waals surface area contributed by atoms with Crippen LogP contribution in [-0.2, 0) is 4.79 Å². The summed E-state index contributed by atoms with van der Waals surface area (Å²) in [5.41, 5.74) is 3.19. The fourth-order valence-electron chi connectivity index (χ4n) is 3.68. The minimum atomic E-state index is -0.293. The molecule has 6 heteroatoms. The van der Waals surface area contributed by atoms with E-state index in [9.17, 15) is 9.59 Å². The van der Waals surface area contributed by atoms with Crippen molar-refractivity contribution >= 4 is 34.8 Å². The Morgan fingerprint density at radius 1 is 1.19 bits per heavy atom. The van der Waals surface area contributed by atoms with Crippen molar-refractivity contribution < 1.29 is 9.59 Å². The van der Waals surface area contributed by atoms with E-state index >= 15 is 0 Å².